The maximum absolute atomic E-state index is 6.73. The Morgan fingerprint density at radius 2 is 1.28 bits per heavy atom. The molecule has 0 saturated carbocycles. The predicted octanol–water partition coefficient (Wildman–Crippen LogP) is 15.2. The number of hydrogen-bond donors (Lipinski definition) is 0. The van der Waals surface area contributed by atoms with Crippen molar-refractivity contribution in [2.24, 2.45) is 0 Å². The van der Waals surface area contributed by atoms with E-state index in [1.165, 1.54) is 107 Å². The summed E-state index contributed by atoms with van der Waals surface area (Å²) in [5.74, 6) is 0.635. The molecule has 8 aromatic carbocycles. The maximum atomic E-state index is 6.73. The number of fused-ring (bicyclic) bond motifs is 17. The fourth-order valence-electron chi connectivity index (χ4n) is 11.0. The molecule has 0 atom stereocenters. The maximum Gasteiger partial charge on any atom is 0.333 e. The highest BCUT2D eigenvalue weighted by molar-refractivity contribution is 7.27. The summed E-state index contributed by atoms with van der Waals surface area (Å²) in [6.45, 7) is 13.7. The van der Waals surface area contributed by atoms with Gasteiger partial charge in [-0.3, -0.25) is 0 Å². The van der Waals surface area contributed by atoms with Crippen LogP contribution in [0.1, 0.15) is 52.7 Å². The van der Waals surface area contributed by atoms with Crippen LogP contribution in [0.25, 0.3) is 102 Å². The molecule has 0 spiro atoms. The third kappa shape index (κ3) is 4.91. The van der Waals surface area contributed by atoms with Crippen LogP contribution in [0.2, 0.25) is 0 Å². The van der Waals surface area contributed by atoms with Crippen molar-refractivity contribution in [1.29, 1.82) is 0 Å². The molecule has 12 aromatic rings. The van der Waals surface area contributed by atoms with Gasteiger partial charge in [-0.1, -0.05) is 114 Å². The molecule has 4 nitrogen and oxygen atoms in total. The molecule has 0 radical (unpaired) electrons. The Bertz CT molecular complexity index is 3990. The third-order valence-electron chi connectivity index (χ3n) is 14.1. The summed E-state index contributed by atoms with van der Waals surface area (Å²) < 4.78 is 14.6. The largest absolute Gasteiger partial charge is 0.436 e. The fraction of sp³-hybridized carbons (Fsp3) is 0.140. The summed E-state index contributed by atoms with van der Waals surface area (Å²) in [6.07, 6.45) is 0. The number of benzene rings is 8. The highest BCUT2D eigenvalue weighted by Gasteiger charge is 2.46. The average molecular weight is 860 g/mol. The number of anilines is 2. The number of oxazole rings is 1. The first-order valence-corrected chi connectivity index (χ1v) is 23.9. The molecule has 4 aromatic heterocycles. The smallest absolute Gasteiger partial charge is 0.333 e. The van der Waals surface area contributed by atoms with Crippen molar-refractivity contribution in [1.82, 2.24) is 9.55 Å². The van der Waals surface area contributed by atoms with Crippen molar-refractivity contribution in [3.05, 3.63) is 157 Å². The topological polar surface area (TPSA) is 34.2 Å². The molecule has 6 heterocycles. The zero-order valence-electron chi connectivity index (χ0n) is 36.5. The normalized spacial score (nSPS) is 13.7. The van der Waals surface area contributed by atoms with Crippen molar-refractivity contribution < 1.29 is 4.42 Å². The molecule has 306 valence electrons. The Balaban J connectivity index is 1.21. The lowest BCUT2D eigenvalue weighted by Crippen LogP contribution is -2.60. The SMILES string of the molecule is CC(C)(C)c1ccc(N2B3c4cc5nc(-c6ccccc6)oc5cc4-n4c5ccc(C(C)(C)C)cc5c5c6c(sc7ccccc76)c(c3c54)-c3cc4c(cc32)sc2ccccc24)cc1. The van der Waals surface area contributed by atoms with Gasteiger partial charge in [0.05, 0.1) is 11.0 Å². The van der Waals surface area contributed by atoms with E-state index in [0.29, 0.717) is 5.89 Å². The monoisotopic (exact) mass is 859 g/mol. The summed E-state index contributed by atoms with van der Waals surface area (Å²) in [5.41, 5.74) is 16.5. The Morgan fingerprint density at radius 3 is 2.05 bits per heavy atom. The van der Waals surface area contributed by atoms with Crippen LogP contribution in [-0.2, 0) is 10.8 Å². The highest BCUT2D eigenvalue weighted by atomic mass is 32.1. The number of rotatable bonds is 2. The molecule has 0 unspecified atom stereocenters. The van der Waals surface area contributed by atoms with Gasteiger partial charge < -0.3 is 13.8 Å². The summed E-state index contributed by atoms with van der Waals surface area (Å²) in [7, 11) is 0. The molecule has 7 heteroatoms. The van der Waals surface area contributed by atoms with Crippen LogP contribution >= 0.6 is 22.7 Å². The molecule has 0 aliphatic carbocycles. The Labute approximate surface area is 379 Å². The second-order valence-electron chi connectivity index (χ2n) is 19.9. The van der Waals surface area contributed by atoms with Crippen molar-refractivity contribution in [3.63, 3.8) is 0 Å². The van der Waals surface area contributed by atoms with Gasteiger partial charge in [0, 0.05) is 90.9 Å². The number of hydrogen-bond acceptors (Lipinski definition) is 5. The van der Waals surface area contributed by atoms with Crippen molar-refractivity contribution >= 4 is 125 Å². The molecule has 0 N–H and O–H groups in total. The van der Waals surface area contributed by atoms with Crippen LogP contribution < -0.4 is 15.7 Å². The summed E-state index contributed by atoms with van der Waals surface area (Å²) in [5, 5.41) is 7.91. The van der Waals surface area contributed by atoms with Crippen LogP contribution in [0.15, 0.2) is 150 Å². The molecule has 0 saturated heterocycles. The molecule has 2 aliphatic heterocycles. The molecular formula is C57H42BN3OS2. The average Bonchev–Trinajstić information content (AvgIpc) is 4.07. The van der Waals surface area contributed by atoms with Crippen LogP contribution in [0.3, 0.4) is 0 Å². The van der Waals surface area contributed by atoms with Crippen LogP contribution in [0.4, 0.5) is 11.4 Å². The minimum absolute atomic E-state index is 0.0203. The van der Waals surface area contributed by atoms with Crippen LogP contribution in [0.5, 0.6) is 0 Å². The van der Waals surface area contributed by atoms with Crippen LogP contribution in [0, 0.1) is 0 Å². The quantitative estimate of drug-likeness (QED) is 0.162. The molecular weight excluding hydrogens is 818 g/mol. The summed E-state index contributed by atoms with van der Waals surface area (Å²) >= 11 is 3.85. The highest BCUT2D eigenvalue weighted by Crippen LogP contribution is 2.54. The van der Waals surface area contributed by atoms with Gasteiger partial charge in [-0.25, -0.2) is 4.98 Å². The third-order valence-corrected chi connectivity index (χ3v) is 16.4. The molecule has 0 fully saturated rings. The Morgan fingerprint density at radius 1 is 0.578 bits per heavy atom. The number of nitrogens with zero attached hydrogens (tertiary/aromatic N) is 3. The van der Waals surface area contributed by atoms with E-state index in [0.717, 1.165) is 22.4 Å². The second kappa shape index (κ2) is 12.5. The van der Waals surface area contributed by atoms with E-state index in [9.17, 15) is 0 Å². The molecule has 64 heavy (non-hydrogen) atoms. The minimum Gasteiger partial charge on any atom is -0.436 e. The lowest BCUT2D eigenvalue weighted by molar-refractivity contribution is 0.590. The standard InChI is InChI=1S/C57H42BN3OS2/c1-56(2,3)32-20-23-34(24-21-32)61-43-30-48-37(35-16-10-12-18-46(35)63-48)27-39(43)51-52-53-49(50-36-17-11-13-19-47(36)64-54(50)51)38-26-33(57(4,5)6)22-25-42(38)60(53)44-29-45-41(28-40(44)58(52)61)59-55(62-45)31-14-8-7-9-15-31/h7-30H,1-6H3. The van der Waals surface area contributed by atoms with Gasteiger partial charge in [0.25, 0.3) is 0 Å². The first-order valence-electron chi connectivity index (χ1n) is 22.3. The van der Waals surface area contributed by atoms with Gasteiger partial charge >= 0.3 is 6.85 Å². The van der Waals surface area contributed by atoms with Gasteiger partial charge in [0.1, 0.15) is 5.52 Å². The number of aromatic nitrogens is 2. The molecule has 0 bridgehead atoms. The van der Waals surface area contributed by atoms with E-state index in [1.807, 2.05) is 40.9 Å². The zero-order chi connectivity index (χ0) is 43.0. The van der Waals surface area contributed by atoms with Gasteiger partial charge in [-0.05, 0) is 99.6 Å². The van der Waals surface area contributed by atoms with Gasteiger partial charge in [0.2, 0.25) is 5.89 Å². The lowest BCUT2D eigenvalue weighted by Gasteiger charge is -2.42. The fourth-order valence-corrected chi connectivity index (χ4v) is 13.4. The van der Waals surface area contributed by atoms with E-state index < -0.39 is 0 Å². The molecule has 2 aliphatic rings. The Kier molecular flexibility index (Phi) is 7.20. The molecule has 14 rings (SSSR count). The summed E-state index contributed by atoms with van der Waals surface area (Å²) in [4.78, 5) is 7.89. The summed E-state index contributed by atoms with van der Waals surface area (Å²) in [6, 6.07) is 54.6. The zero-order valence-corrected chi connectivity index (χ0v) is 38.1. The first kappa shape index (κ1) is 36.8. The lowest BCUT2D eigenvalue weighted by atomic mass is 9.44. The van der Waals surface area contributed by atoms with E-state index in [-0.39, 0.29) is 17.7 Å². The van der Waals surface area contributed by atoms with E-state index in [4.69, 9.17) is 9.40 Å². The second-order valence-corrected chi connectivity index (χ2v) is 22.1. The minimum atomic E-state index is -0.165. The van der Waals surface area contributed by atoms with Crippen LogP contribution in [-0.4, -0.2) is 16.4 Å². The van der Waals surface area contributed by atoms with Gasteiger partial charge in [-0.2, -0.15) is 0 Å². The van der Waals surface area contributed by atoms with Gasteiger partial charge in [0.15, 0.2) is 5.58 Å². The van der Waals surface area contributed by atoms with Crippen molar-refractivity contribution in [2.45, 2.75) is 52.4 Å². The van der Waals surface area contributed by atoms with E-state index in [2.05, 4.69) is 178 Å². The molecule has 0 amide bonds. The van der Waals surface area contributed by atoms with Gasteiger partial charge in [-0.15, -0.1) is 22.7 Å². The van der Waals surface area contributed by atoms with E-state index in [1.54, 1.807) is 0 Å². The Hall–Kier alpha value is -6.67. The predicted molar refractivity (Wildman–Crippen MR) is 276 cm³/mol. The van der Waals surface area contributed by atoms with E-state index >= 15 is 0 Å². The number of thiophene rings is 2. The van der Waals surface area contributed by atoms with Crippen molar-refractivity contribution in [3.8, 4) is 28.3 Å². The van der Waals surface area contributed by atoms with Crippen molar-refractivity contribution in [2.75, 3.05) is 4.81 Å². The first-order chi connectivity index (χ1) is 31.0.